The molecule has 1 atom stereocenters. The molecule has 0 aliphatic carbocycles. The van der Waals surface area contributed by atoms with E-state index in [1.807, 2.05) is 6.92 Å². The highest BCUT2D eigenvalue weighted by molar-refractivity contribution is 4.84. The molecule has 1 aliphatic rings. The fraction of sp³-hybridized carbons (Fsp3) is 1.00. The Balaban J connectivity index is 2.32. The third-order valence-electron chi connectivity index (χ3n) is 1.82. The molecule has 1 aliphatic heterocycles. The van der Waals surface area contributed by atoms with Crippen LogP contribution in [0.15, 0.2) is 0 Å². The lowest BCUT2D eigenvalue weighted by Gasteiger charge is -2.21. The topological polar surface area (TPSA) is 21.3 Å². The second kappa shape index (κ2) is 2.67. The first-order valence-corrected chi connectivity index (χ1v) is 3.61. The van der Waals surface area contributed by atoms with E-state index >= 15 is 0 Å². The zero-order chi connectivity index (χ0) is 6.74. The van der Waals surface area contributed by atoms with Crippen LogP contribution in [-0.2, 0) is 4.74 Å². The number of hydrogen-bond donors (Lipinski definition) is 1. The second-order valence-corrected chi connectivity index (χ2v) is 2.81. The lowest BCUT2D eigenvalue weighted by molar-refractivity contribution is -0.00844. The first-order valence-electron chi connectivity index (χ1n) is 3.61. The minimum atomic E-state index is 0.134. The summed E-state index contributed by atoms with van der Waals surface area (Å²) in [5.74, 6) is 0. The van der Waals surface area contributed by atoms with Gasteiger partial charge in [-0.3, -0.25) is 0 Å². The third-order valence-corrected chi connectivity index (χ3v) is 1.82. The second-order valence-electron chi connectivity index (χ2n) is 2.81. The summed E-state index contributed by atoms with van der Waals surface area (Å²) in [6.45, 7) is 7.16. The SMILES string of the molecule is CCO[C@]1(C)CCNC1. The van der Waals surface area contributed by atoms with E-state index in [4.69, 9.17) is 4.74 Å². The van der Waals surface area contributed by atoms with Gasteiger partial charge in [0.2, 0.25) is 0 Å². The summed E-state index contributed by atoms with van der Waals surface area (Å²) in [5.41, 5.74) is 0.134. The molecule has 1 heterocycles. The Morgan fingerprint density at radius 1 is 1.67 bits per heavy atom. The molecular weight excluding hydrogens is 114 g/mol. The Morgan fingerprint density at radius 3 is 2.89 bits per heavy atom. The molecule has 9 heavy (non-hydrogen) atoms. The van der Waals surface area contributed by atoms with E-state index in [0.29, 0.717) is 0 Å². The largest absolute Gasteiger partial charge is 0.374 e. The summed E-state index contributed by atoms with van der Waals surface area (Å²) in [6.07, 6.45) is 1.15. The van der Waals surface area contributed by atoms with Gasteiger partial charge in [0.15, 0.2) is 0 Å². The number of hydrogen-bond acceptors (Lipinski definition) is 2. The Morgan fingerprint density at radius 2 is 2.44 bits per heavy atom. The molecule has 0 spiro atoms. The Hall–Kier alpha value is -0.0800. The van der Waals surface area contributed by atoms with Crippen LogP contribution in [0.25, 0.3) is 0 Å². The average Bonchev–Trinajstić information content (AvgIpc) is 2.16. The molecule has 1 fully saturated rings. The minimum Gasteiger partial charge on any atom is -0.374 e. The van der Waals surface area contributed by atoms with Crippen LogP contribution >= 0.6 is 0 Å². The fourth-order valence-electron chi connectivity index (χ4n) is 1.27. The van der Waals surface area contributed by atoms with Gasteiger partial charge in [0.05, 0.1) is 5.60 Å². The first-order chi connectivity index (χ1) is 4.27. The molecule has 2 nitrogen and oxygen atoms in total. The van der Waals surface area contributed by atoms with E-state index in [-0.39, 0.29) is 5.60 Å². The van der Waals surface area contributed by atoms with Crippen LogP contribution in [-0.4, -0.2) is 25.3 Å². The van der Waals surface area contributed by atoms with Crippen molar-refractivity contribution in [2.45, 2.75) is 25.9 Å². The van der Waals surface area contributed by atoms with Crippen molar-refractivity contribution < 1.29 is 4.74 Å². The van der Waals surface area contributed by atoms with Gasteiger partial charge in [-0.05, 0) is 26.8 Å². The maximum absolute atomic E-state index is 5.53. The van der Waals surface area contributed by atoms with Crippen molar-refractivity contribution in [3.05, 3.63) is 0 Å². The van der Waals surface area contributed by atoms with E-state index < -0.39 is 0 Å². The zero-order valence-electron chi connectivity index (χ0n) is 6.24. The van der Waals surface area contributed by atoms with Crippen LogP contribution in [0.5, 0.6) is 0 Å². The highest BCUT2D eigenvalue weighted by Crippen LogP contribution is 2.17. The predicted molar refractivity (Wildman–Crippen MR) is 37.5 cm³/mol. The van der Waals surface area contributed by atoms with Gasteiger partial charge in [0.1, 0.15) is 0 Å². The van der Waals surface area contributed by atoms with Crippen LogP contribution < -0.4 is 5.32 Å². The van der Waals surface area contributed by atoms with Gasteiger partial charge < -0.3 is 10.1 Å². The Bertz CT molecular complexity index is 86.9. The zero-order valence-corrected chi connectivity index (χ0v) is 6.24. The molecule has 0 bridgehead atoms. The van der Waals surface area contributed by atoms with Gasteiger partial charge >= 0.3 is 0 Å². The lowest BCUT2D eigenvalue weighted by atomic mass is 10.1. The average molecular weight is 129 g/mol. The van der Waals surface area contributed by atoms with E-state index in [9.17, 15) is 0 Å². The number of rotatable bonds is 2. The molecule has 1 saturated heterocycles. The van der Waals surface area contributed by atoms with Gasteiger partial charge in [0.25, 0.3) is 0 Å². The maximum atomic E-state index is 5.53. The minimum absolute atomic E-state index is 0.134. The molecule has 0 aromatic rings. The van der Waals surface area contributed by atoms with Crippen molar-refractivity contribution >= 4 is 0 Å². The molecule has 1 rings (SSSR count). The normalized spacial score (nSPS) is 35.3. The van der Waals surface area contributed by atoms with Crippen molar-refractivity contribution in [1.82, 2.24) is 5.32 Å². The summed E-state index contributed by atoms with van der Waals surface area (Å²) in [5, 5.41) is 3.27. The molecule has 0 saturated carbocycles. The van der Waals surface area contributed by atoms with Crippen molar-refractivity contribution in [2.75, 3.05) is 19.7 Å². The molecule has 0 radical (unpaired) electrons. The van der Waals surface area contributed by atoms with Crippen LogP contribution in [0.1, 0.15) is 20.3 Å². The number of nitrogens with one attached hydrogen (secondary N) is 1. The van der Waals surface area contributed by atoms with E-state index in [0.717, 1.165) is 26.1 Å². The molecule has 0 aromatic carbocycles. The van der Waals surface area contributed by atoms with Gasteiger partial charge in [-0.2, -0.15) is 0 Å². The van der Waals surface area contributed by atoms with Gasteiger partial charge in [-0.1, -0.05) is 0 Å². The van der Waals surface area contributed by atoms with Crippen LogP contribution in [0.2, 0.25) is 0 Å². The highest BCUT2D eigenvalue weighted by atomic mass is 16.5. The van der Waals surface area contributed by atoms with Crippen molar-refractivity contribution in [3.63, 3.8) is 0 Å². The molecule has 1 N–H and O–H groups in total. The van der Waals surface area contributed by atoms with Crippen LogP contribution in [0, 0.1) is 0 Å². The molecule has 0 aromatic heterocycles. The summed E-state index contributed by atoms with van der Waals surface area (Å²) >= 11 is 0. The molecular formula is C7H15NO. The van der Waals surface area contributed by atoms with Crippen LogP contribution in [0.4, 0.5) is 0 Å². The van der Waals surface area contributed by atoms with E-state index in [2.05, 4.69) is 12.2 Å². The smallest absolute Gasteiger partial charge is 0.0790 e. The van der Waals surface area contributed by atoms with Crippen molar-refractivity contribution in [1.29, 1.82) is 0 Å². The quantitative estimate of drug-likeness (QED) is 0.594. The summed E-state index contributed by atoms with van der Waals surface area (Å²) < 4.78 is 5.53. The van der Waals surface area contributed by atoms with Crippen LogP contribution in [0.3, 0.4) is 0 Å². The molecule has 54 valence electrons. The lowest BCUT2D eigenvalue weighted by Crippen LogP contribution is -2.30. The summed E-state index contributed by atoms with van der Waals surface area (Å²) in [6, 6.07) is 0. The van der Waals surface area contributed by atoms with Gasteiger partial charge in [0, 0.05) is 13.2 Å². The standard InChI is InChI=1S/C7H15NO/c1-3-9-7(2)4-5-8-6-7/h8H,3-6H2,1-2H3/t7-/m1/s1. The maximum Gasteiger partial charge on any atom is 0.0790 e. The molecule has 0 amide bonds. The summed E-state index contributed by atoms with van der Waals surface area (Å²) in [4.78, 5) is 0. The van der Waals surface area contributed by atoms with Gasteiger partial charge in [-0.15, -0.1) is 0 Å². The molecule has 2 heteroatoms. The highest BCUT2D eigenvalue weighted by Gasteiger charge is 2.28. The number of ether oxygens (including phenoxy) is 1. The van der Waals surface area contributed by atoms with Crippen molar-refractivity contribution in [2.24, 2.45) is 0 Å². The fourth-order valence-corrected chi connectivity index (χ4v) is 1.27. The van der Waals surface area contributed by atoms with E-state index in [1.54, 1.807) is 0 Å². The predicted octanol–water partition coefficient (Wildman–Crippen LogP) is 0.775. The Kier molecular flexibility index (Phi) is 2.09. The molecule has 0 unspecified atom stereocenters. The summed E-state index contributed by atoms with van der Waals surface area (Å²) in [7, 11) is 0. The monoisotopic (exact) mass is 129 g/mol. The third kappa shape index (κ3) is 1.66. The van der Waals surface area contributed by atoms with Gasteiger partial charge in [-0.25, -0.2) is 0 Å². The Labute approximate surface area is 56.6 Å². The van der Waals surface area contributed by atoms with E-state index in [1.165, 1.54) is 0 Å². The van der Waals surface area contributed by atoms with Crippen molar-refractivity contribution in [3.8, 4) is 0 Å². The first kappa shape index (κ1) is 7.03.